The van der Waals surface area contributed by atoms with Gasteiger partial charge in [-0.2, -0.15) is 0 Å². The monoisotopic (exact) mass is 420 g/mol. The molecule has 0 spiro atoms. The van der Waals surface area contributed by atoms with Crippen LogP contribution in [0.3, 0.4) is 0 Å². The number of hydrogen-bond donors (Lipinski definition) is 1. The second kappa shape index (κ2) is 11.7. The molecule has 3 saturated heterocycles. The Morgan fingerprint density at radius 3 is 2.33 bits per heavy atom. The normalized spacial score (nSPS) is 26.5. The molecule has 1 atom stereocenters. The van der Waals surface area contributed by atoms with Crippen molar-refractivity contribution in [2.45, 2.75) is 64.8 Å². The van der Waals surface area contributed by atoms with Gasteiger partial charge in [-0.3, -0.25) is 9.89 Å². The van der Waals surface area contributed by atoms with Crippen molar-refractivity contribution < 1.29 is 0 Å². The Hall–Kier alpha value is -0.850. The van der Waals surface area contributed by atoms with E-state index in [1.807, 2.05) is 0 Å². The molecule has 0 aliphatic carbocycles. The largest absolute Gasteiger partial charge is 0.357 e. The van der Waals surface area contributed by atoms with E-state index in [2.05, 4.69) is 52.7 Å². The number of guanidine groups is 1. The first kappa shape index (κ1) is 23.8. The van der Waals surface area contributed by atoms with Crippen LogP contribution in [0.5, 0.6) is 0 Å². The van der Waals surface area contributed by atoms with E-state index >= 15 is 0 Å². The Kier molecular flexibility index (Phi) is 9.27. The van der Waals surface area contributed by atoms with Crippen molar-refractivity contribution in [1.29, 1.82) is 0 Å². The molecule has 1 unspecified atom stereocenters. The van der Waals surface area contributed by atoms with E-state index in [0.717, 1.165) is 51.1 Å². The van der Waals surface area contributed by atoms with Gasteiger partial charge in [0.15, 0.2) is 5.96 Å². The van der Waals surface area contributed by atoms with E-state index in [0.29, 0.717) is 0 Å². The van der Waals surface area contributed by atoms with Crippen LogP contribution in [0.1, 0.15) is 59.3 Å². The SMILES string of the molecule is CCNC(=NCC1(N2CCCCC2)CCN(C)CC1)N1CCC(CN(CC)CC)C1. The summed E-state index contributed by atoms with van der Waals surface area (Å²) in [4.78, 5) is 15.7. The molecule has 1 N–H and O–H groups in total. The van der Waals surface area contributed by atoms with Crippen molar-refractivity contribution in [3.63, 3.8) is 0 Å². The smallest absolute Gasteiger partial charge is 0.193 e. The number of aliphatic imine (C=N–C) groups is 1. The van der Waals surface area contributed by atoms with Gasteiger partial charge in [0.2, 0.25) is 0 Å². The van der Waals surface area contributed by atoms with Crippen LogP contribution in [-0.4, -0.2) is 110 Å². The first-order chi connectivity index (χ1) is 14.6. The summed E-state index contributed by atoms with van der Waals surface area (Å²) in [5, 5.41) is 3.63. The van der Waals surface area contributed by atoms with Crippen molar-refractivity contribution in [3.8, 4) is 0 Å². The number of piperidine rings is 2. The summed E-state index contributed by atoms with van der Waals surface area (Å²) in [6.07, 6.45) is 7.94. The van der Waals surface area contributed by atoms with Crippen LogP contribution in [0.2, 0.25) is 0 Å². The maximum Gasteiger partial charge on any atom is 0.193 e. The predicted molar refractivity (Wildman–Crippen MR) is 128 cm³/mol. The number of nitrogens with one attached hydrogen (secondary N) is 1. The zero-order chi connectivity index (χ0) is 21.4. The molecule has 0 radical (unpaired) electrons. The molecule has 0 aromatic rings. The van der Waals surface area contributed by atoms with Gasteiger partial charge in [0.05, 0.1) is 6.54 Å². The number of hydrogen-bond acceptors (Lipinski definition) is 4. The fourth-order valence-electron chi connectivity index (χ4n) is 5.65. The summed E-state index contributed by atoms with van der Waals surface area (Å²) in [5.74, 6) is 1.93. The molecule has 3 aliphatic heterocycles. The highest BCUT2D eigenvalue weighted by atomic mass is 15.3. The molecule has 3 heterocycles. The second-order valence-corrected chi connectivity index (χ2v) is 9.83. The first-order valence-corrected chi connectivity index (χ1v) is 12.8. The average Bonchev–Trinajstić information content (AvgIpc) is 3.25. The van der Waals surface area contributed by atoms with Gasteiger partial charge in [-0.05, 0) is 91.3 Å². The van der Waals surface area contributed by atoms with Gasteiger partial charge >= 0.3 is 0 Å². The zero-order valence-electron chi connectivity index (χ0n) is 20.3. The molecule has 174 valence electrons. The molecule has 30 heavy (non-hydrogen) atoms. The fraction of sp³-hybridized carbons (Fsp3) is 0.958. The third kappa shape index (κ3) is 6.10. The van der Waals surface area contributed by atoms with Crippen molar-refractivity contribution in [2.24, 2.45) is 10.9 Å². The second-order valence-electron chi connectivity index (χ2n) is 9.83. The van der Waals surface area contributed by atoms with Crippen LogP contribution < -0.4 is 5.32 Å². The lowest BCUT2D eigenvalue weighted by Gasteiger charge is -2.49. The van der Waals surface area contributed by atoms with Gasteiger partial charge in [-0.25, -0.2) is 0 Å². The van der Waals surface area contributed by atoms with Crippen molar-refractivity contribution in [1.82, 2.24) is 24.9 Å². The predicted octanol–water partition coefficient (Wildman–Crippen LogP) is 2.57. The van der Waals surface area contributed by atoms with Crippen molar-refractivity contribution in [2.75, 3.05) is 79.0 Å². The lowest BCUT2D eigenvalue weighted by Crippen LogP contribution is -2.58. The fourth-order valence-corrected chi connectivity index (χ4v) is 5.65. The molecule has 0 saturated carbocycles. The van der Waals surface area contributed by atoms with Crippen molar-refractivity contribution >= 4 is 5.96 Å². The highest BCUT2D eigenvalue weighted by Gasteiger charge is 2.40. The quantitative estimate of drug-likeness (QED) is 0.483. The Bertz CT molecular complexity index is 518. The lowest BCUT2D eigenvalue weighted by molar-refractivity contribution is 0.0206. The first-order valence-electron chi connectivity index (χ1n) is 12.8. The summed E-state index contributed by atoms with van der Waals surface area (Å²) in [7, 11) is 2.27. The van der Waals surface area contributed by atoms with Crippen LogP contribution in [0.15, 0.2) is 4.99 Å². The lowest BCUT2D eigenvalue weighted by atomic mass is 9.84. The molecule has 6 nitrogen and oxygen atoms in total. The number of likely N-dealkylation sites (tertiary alicyclic amines) is 3. The third-order valence-electron chi connectivity index (χ3n) is 7.80. The minimum Gasteiger partial charge on any atom is -0.357 e. The molecule has 3 aliphatic rings. The summed E-state index contributed by atoms with van der Waals surface area (Å²) in [5.41, 5.74) is 0.272. The molecular weight excluding hydrogens is 372 g/mol. The van der Waals surface area contributed by atoms with Crippen LogP contribution in [-0.2, 0) is 0 Å². The molecule has 3 fully saturated rings. The zero-order valence-corrected chi connectivity index (χ0v) is 20.3. The van der Waals surface area contributed by atoms with E-state index in [1.165, 1.54) is 71.2 Å². The van der Waals surface area contributed by atoms with E-state index in [-0.39, 0.29) is 5.54 Å². The minimum atomic E-state index is 0.272. The Labute approximate surface area is 186 Å². The average molecular weight is 421 g/mol. The molecule has 3 rings (SSSR count). The Balaban J connectivity index is 1.67. The minimum absolute atomic E-state index is 0.272. The summed E-state index contributed by atoms with van der Waals surface area (Å²) in [6, 6.07) is 0. The third-order valence-corrected chi connectivity index (χ3v) is 7.80. The summed E-state index contributed by atoms with van der Waals surface area (Å²) in [6.45, 7) is 19.5. The van der Waals surface area contributed by atoms with Crippen LogP contribution in [0.4, 0.5) is 0 Å². The van der Waals surface area contributed by atoms with E-state index < -0.39 is 0 Å². The van der Waals surface area contributed by atoms with E-state index in [1.54, 1.807) is 0 Å². The van der Waals surface area contributed by atoms with Crippen LogP contribution >= 0.6 is 0 Å². The molecular formula is C24H48N6. The number of nitrogens with zero attached hydrogens (tertiary/aromatic N) is 5. The van der Waals surface area contributed by atoms with Gasteiger partial charge in [-0.15, -0.1) is 0 Å². The number of rotatable bonds is 8. The molecule has 0 aromatic carbocycles. The standard InChI is InChI=1S/C24H48N6/c1-5-25-23(29-16-11-22(20-29)19-28(6-2)7-3)26-21-24(12-17-27(4)18-13-24)30-14-9-8-10-15-30/h22H,5-21H2,1-4H3,(H,25,26). The maximum atomic E-state index is 5.30. The van der Waals surface area contributed by atoms with Gasteiger partial charge < -0.3 is 20.0 Å². The molecule has 0 bridgehead atoms. The molecule has 6 heteroatoms. The Morgan fingerprint density at radius 1 is 1.00 bits per heavy atom. The van der Waals surface area contributed by atoms with Gasteiger partial charge in [0.1, 0.15) is 0 Å². The van der Waals surface area contributed by atoms with Crippen LogP contribution in [0.25, 0.3) is 0 Å². The van der Waals surface area contributed by atoms with Gasteiger partial charge in [-0.1, -0.05) is 20.3 Å². The topological polar surface area (TPSA) is 37.4 Å². The van der Waals surface area contributed by atoms with Gasteiger partial charge in [0.25, 0.3) is 0 Å². The van der Waals surface area contributed by atoms with Crippen LogP contribution in [0, 0.1) is 5.92 Å². The maximum absolute atomic E-state index is 5.30. The molecule has 0 aromatic heterocycles. The highest BCUT2D eigenvalue weighted by Crippen LogP contribution is 2.32. The van der Waals surface area contributed by atoms with E-state index in [4.69, 9.17) is 4.99 Å². The highest BCUT2D eigenvalue weighted by molar-refractivity contribution is 5.80. The Morgan fingerprint density at radius 2 is 1.70 bits per heavy atom. The van der Waals surface area contributed by atoms with E-state index in [9.17, 15) is 0 Å². The van der Waals surface area contributed by atoms with Crippen molar-refractivity contribution in [3.05, 3.63) is 0 Å². The van der Waals surface area contributed by atoms with Gasteiger partial charge in [0, 0.05) is 31.7 Å². The summed E-state index contributed by atoms with van der Waals surface area (Å²) < 4.78 is 0. The summed E-state index contributed by atoms with van der Waals surface area (Å²) >= 11 is 0. The molecule has 0 amide bonds.